The molecule has 1 aliphatic heterocycles. The van der Waals surface area contributed by atoms with E-state index in [4.69, 9.17) is 9.47 Å². The number of carbonyl (C=O) groups excluding carboxylic acids is 4. The van der Waals surface area contributed by atoms with Gasteiger partial charge in [0.1, 0.15) is 12.2 Å². The van der Waals surface area contributed by atoms with Crippen molar-refractivity contribution in [3.63, 3.8) is 0 Å². The van der Waals surface area contributed by atoms with E-state index in [-0.39, 0.29) is 12.3 Å². The first kappa shape index (κ1) is 25.0. The molecule has 4 amide bonds. The van der Waals surface area contributed by atoms with Crippen LogP contribution in [-0.4, -0.2) is 56.1 Å². The van der Waals surface area contributed by atoms with Gasteiger partial charge in [0.15, 0.2) is 18.1 Å². The normalized spacial score (nSPS) is 14.1. The van der Waals surface area contributed by atoms with Gasteiger partial charge in [-0.25, -0.2) is 14.5 Å². The van der Waals surface area contributed by atoms with Gasteiger partial charge in [-0.2, -0.15) is 0 Å². The van der Waals surface area contributed by atoms with Gasteiger partial charge in [0.2, 0.25) is 5.91 Å². The van der Waals surface area contributed by atoms with Crippen molar-refractivity contribution < 1.29 is 33.4 Å². The minimum atomic E-state index is -0.699. The molecule has 0 aromatic heterocycles. The van der Waals surface area contributed by atoms with Crippen molar-refractivity contribution in [3.05, 3.63) is 56.8 Å². The van der Waals surface area contributed by atoms with E-state index in [1.54, 1.807) is 30.3 Å². The Morgan fingerprint density at radius 2 is 1.94 bits per heavy atom. The van der Waals surface area contributed by atoms with Crippen molar-refractivity contribution >= 4 is 58.2 Å². The molecule has 0 bridgehead atoms. The average molecular weight is 579 g/mol. The third kappa shape index (κ3) is 6.04. The van der Waals surface area contributed by atoms with E-state index < -0.39 is 30.4 Å². The molecule has 10 nitrogen and oxygen atoms in total. The minimum Gasteiger partial charge on any atom is -0.493 e. The summed E-state index contributed by atoms with van der Waals surface area (Å²) in [6.07, 6.45) is 1.47. The number of hydrogen-bond donors (Lipinski definition) is 2. The quantitative estimate of drug-likeness (QED) is 0.214. The molecule has 2 aromatic carbocycles. The second-order valence-corrected chi connectivity index (χ2v) is 8.36. The van der Waals surface area contributed by atoms with Crippen LogP contribution in [0.3, 0.4) is 0 Å². The van der Waals surface area contributed by atoms with E-state index >= 15 is 0 Å². The first-order valence-electron chi connectivity index (χ1n) is 10.00. The van der Waals surface area contributed by atoms with E-state index in [1.165, 1.54) is 20.3 Å². The highest BCUT2D eigenvalue weighted by atomic mass is 127. The van der Waals surface area contributed by atoms with Crippen LogP contribution in [0.2, 0.25) is 0 Å². The van der Waals surface area contributed by atoms with Gasteiger partial charge in [0.25, 0.3) is 5.91 Å². The molecule has 1 aliphatic rings. The average Bonchev–Trinajstić information content (AvgIpc) is 3.04. The van der Waals surface area contributed by atoms with Crippen LogP contribution in [0.25, 0.3) is 6.08 Å². The third-order valence-electron chi connectivity index (χ3n) is 4.69. The fourth-order valence-corrected chi connectivity index (χ4v) is 3.88. The molecule has 178 valence electrons. The summed E-state index contributed by atoms with van der Waals surface area (Å²) in [7, 11) is 2.69. The lowest BCUT2D eigenvalue weighted by Crippen LogP contribution is -2.38. The zero-order chi connectivity index (χ0) is 24.8. The monoisotopic (exact) mass is 579 g/mol. The van der Waals surface area contributed by atoms with Crippen molar-refractivity contribution in [2.24, 2.45) is 0 Å². The SMILES string of the molecule is COC(=O)COc1c(I)cc(/C=C2/NC(=O)N(CC(=O)Nc3cccc(C)c3)C2=O)cc1OC. The number of anilines is 1. The fourth-order valence-electron chi connectivity index (χ4n) is 3.10. The Morgan fingerprint density at radius 3 is 2.62 bits per heavy atom. The number of halogens is 1. The highest BCUT2D eigenvalue weighted by Gasteiger charge is 2.35. The lowest BCUT2D eigenvalue weighted by atomic mass is 10.1. The minimum absolute atomic E-state index is 0.00874. The molecule has 0 spiro atoms. The first-order valence-corrected chi connectivity index (χ1v) is 11.1. The molecular formula is C23H22IN3O7. The number of amides is 4. The zero-order valence-corrected chi connectivity index (χ0v) is 20.8. The summed E-state index contributed by atoms with van der Waals surface area (Å²) in [4.78, 5) is 49.7. The lowest BCUT2D eigenvalue weighted by Gasteiger charge is -2.13. The van der Waals surface area contributed by atoms with Crippen molar-refractivity contribution in [2.75, 3.05) is 32.7 Å². The Labute approximate surface area is 209 Å². The number of benzene rings is 2. The van der Waals surface area contributed by atoms with Crippen LogP contribution in [0, 0.1) is 10.5 Å². The molecule has 0 saturated carbocycles. The molecule has 0 unspecified atom stereocenters. The number of urea groups is 1. The number of hydrogen-bond acceptors (Lipinski definition) is 7. The van der Waals surface area contributed by atoms with Gasteiger partial charge in [-0.3, -0.25) is 9.59 Å². The summed E-state index contributed by atoms with van der Waals surface area (Å²) in [5, 5.41) is 5.15. The molecule has 3 rings (SSSR count). The summed E-state index contributed by atoms with van der Waals surface area (Å²) in [6.45, 7) is 1.16. The van der Waals surface area contributed by atoms with Crippen LogP contribution in [0.4, 0.5) is 10.5 Å². The number of methoxy groups -OCH3 is 2. The van der Waals surface area contributed by atoms with E-state index in [2.05, 4.69) is 15.4 Å². The molecule has 0 aliphatic carbocycles. The molecule has 11 heteroatoms. The summed E-state index contributed by atoms with van der Waals surface area (Å²) >= 11 is 2.00. The molecule has 1 fully saturated rings. The summed E-state index contributed by atoms with van der Waals surface area (Å²) in [5.41, 5.74) is 2.09. The van der Waals surface area contributed by atoms with E-state index in [1.807, 2.05) is 35.6 Å². The molecular weight excluding hydrogens is 557 g/mol. The predicted molar refractivity (Wildman–Crippen MR) is 131 cm³/mol. The topological polar surface area (TPSA) is 123 Å². The number of imide groups is 1. The first-order chi connectivity index (χ1) is 16.2. The standard InChI is InChI=1S/C23H22IN3O7/c1-13-5-4-6-15(7-13)25-19(28)11-27-22(30)17(26-23(27)31)9-14-8-16(24)21(18(10-14)32-2)34-12-20(29)33-3/h4-10H,11-12H2,1-3H3,(H,25,28)(H,26,31)/b17-9+. The maximum atomic E-state index is 12.8. The van der Waals surface area contributed by atoms with Gasteiger partial charge >= 0.3 is 12.0 Å². The van der Waals surface area contributed by atoms with Gasteiger partial charge in [-0.15, -0.1) is 0 Å². The van der Waals surface area contributed by atoms with Crippen LogP contribution in [0.5, 0.6) is 11.5 Å². The molecule has 1 heterocycles. The molecule has 2 N–H and O–H groups in total. The molecule has 2 aromatic rings. The summed E-state index contributed by atoms with van der Waals surface area (Å²) in [6, 6.07) is 9.76. The highest BCUT2D eigenvalue weighted by molar-refractivity contribution is 14.1. The number of nitrogens with zero attached hydrogens (tertiary/aromatic N) is 1. The van der Waals surface area contributed by atoms with Crippen LogP contribution in [-0.2, 0) is 19.1 Å². The molecule has 34 heavy (non-hydrogen) atoms. The molecule has 1 saturated heterocycles. The van der Waals surface area contributed by atoms with Gasteiger partial charge in [-0.1, -0.05) is 12.1 Å². The Morgan fingerprint density at radius 1 is 1.18 bits per heavy atom. The number of rotatable bonds is 8. The zero-order valence-electron chi connectivity index (χ0n) is 18.6. The smallest absolute Gasteiger partial charge is 0.343 e. The Kier molecular flexibility index (Phi) is 8.10. The number of carbonyl (C=O) groups is 4. The van der Waals surface area contributed by atoms with Crippen LogP contribution < -0.4 is 20.1 Å². The molecule has 0 atom stereocenters. The summed E-state index contributed by atoms with van der Waals surface area (Å²) in [5.74, 6) is -1.02. The van der Waals surface area contributed by atoms with Crippen molar-refractivity contribution in [2.45, 2.75) is 6.92 Å². The van der Waals surface area contributed by atoms with Crippen molar-refractivity contribution in [1.29, 1.82) is 0 Å². The second kappa shape index (κ2) is 11.0. The van der Waals surface area contributed by atoms with E-state index in [9.17, 15) is 19.2 Å². The van der Waals surface area contributed by atoms with Gasteiger partial charge in [-0.05, 0) is 71.0 Å². The van der Waals surface area contributed by atoms with Crippen LogP contribution in [0.1, 0.15) is 11.1 Å². The Hall–Kier alpha value is -3.61. The number of nitrogens with one attached hydrogen (secondary N) is 2. The number of esters is 1. The van der Waals surface area contributed by atoms with E-state index in [0.717, 1.165) is 10.5 Å². The number of ether oxygens (including phenoxy) is 3. The lowest BCUT2D eigenvalue weighted by molar-refractivity contribution is -0.143. The van der Waals surface area contributed by atoms with Crippen molar-refractivity contribution in [1.82, 2.24) is 10.2 Å². The van der Waals surface area contributed by atoms with Gasteiger partial charge in [0, 0.05) is 5.69 Å². The predicted octanol–water partition coefficient (Wildman–Crippen LogP) is 2.69. The van der Waals surface area contributed by atoms with Crippen LogP contribution >= 0.6 is 22.6 Å². The maximum absolute atomic E-state index is 12.8. The number of aryl methyl sites for hydroxylation is 1. The highest BCUT2D eigenvalue weighted by Crippen LogP contribution is 2.34. The van der Waals surface area contributed by atoms with Crippen molar-refractivity contribution in [3.8, 4) is 11.5 Å². The second-order valence-electron chi connectivity index (χ2n) is 7.20. The van der Waals surface area contributed by atoms with E-state index in [0.29, 0.717) is 26.3 Å². The third-order valence-corrected chi connectivity index (χ3v) is 5.49. The maximum Gasteiger partial charge on any atom is 0.343 e. The summed E-state index contributed by atoms with van der Waals surface area (Å²) < 4.78 is 16.0. The van der Waals surface area contributed by atoms with Gasteiger partial charge < -0.3 is 24.8 Å². The van der Waals surface area contributed by atoms with Crippen LogP contribution in [0.15, 0.2) is 42.1 Å². The molecule has 0 radical (unpaired) electrons. The largest absolute Gasteiger partial charge is 0.493 e. The Balaban J connectivity index is 1.74. The van der Waals surface area contributed by atoms with Gasteiger partial charge in [0.05, 0.1) is 17.8 Å². The Bertz CT molecular complexity index is 1180. The fraction of sp³-hybridized carbons (Fsp3) is 0.217.